The average Bonchev–Trinajstić information content (AvgIpc) is 1.88. The smallest absolute Gasteiger partial charge is 0.216 e. The van der Waals surface area contributed by atoms with Crippen molar-refractivity contribution in [3.63, 3.8) is 0 Å². The molecule has 0 aromatic rings. The predicted octanol–water partition coefficient (Wildman–Crippen LogP) is 1.40. The molecule has 0 unspecified atom stereocenters. The summed E-state index contributed by atoms with van der Waals surface area (Å²) in [7, 11) is 0. The van der Waals surface area contributed by atoms with Crippen molar-refractivity contribution >= 4 is 6.72 Å². The summed E-state index contributed by atoms with van der Waals surface area (Å²) in [6.45, 7) is 8.35. The van der Waals surface area contributed by atoms with Crippen LogP contribution < -0.4 is 5.73 Å². The Morgan fingerprint density at radius 3 is 2.30 bits per heavy atom. The lowest BCUT2D eigenvalue weighted by molar-refractivity contribution is 0.616. The van der Waals surface area contributed by atoms with Crippen LogP contribution in [0.3, 0.4) is 0 Å². The van der Waals surface area contributed by atoms with Gasteiger partial charge in [0.25, 0.3) is 0 Å². The molecule has 0 aromatic carbocycles. The normalized spacial score (nSPS) is 12.3. The molecular formula is C7H11FN2. The second-order valence-corrected chi connectivity index (χ2v) is 1.91. The summed E-state index contributed by atoms with van der Waals surface area (Å²) >= 11 is 0. The third-order valence-electron chi connectivity index (χ3n) is 1.11. The van der Waals surface area contributed by atoms with Crippen molar-refractivity contribution in [2.75, 3.05) is 6.54 Å². The number of nitrogens with zero attached hydrogens (tertiary/aromatic N) is 1. The van der Waals surface area contributed by atoms with E-state index in [9.17, 15) is 4.39 Å². The highest BCUT2D eigenvalue weighted by atomic mass is 19.1. The topological polar surface area (TPSA) is 38.4 Å². The van der Waals surface area contributed by atoms with Gasteiger partial charge in [0.05, 0.1) is 0 Å². The zero-order valence-corrected chi connectivity index (χ0v) is 6.02. The summed E-state index contributed by atoms with van der Waals surface area (Å²) < 4.78 is 12.6. The molecule has 2 nitrogen and oxygen atoms in total. The maximum absolute atomic E-state index is 12.6. The quantitative estimate of drug-likeness (QED) is 0.361. The predicted molar refractivity (Wildman–Crippen MR) is 41.6 cm³/mol. The molecule has 0 atom stereocenters. The Labute approximate surface area is 60.0 Å². The highest BCUT2D eigenvalue weighted by Gasteiger charge is 2.01. The number of nitrogens with two attached hydrogens (primary N) is 1. The first-order chi connectivity index (χ1) is 4.63. The third kappa shape index (κ3) is 2.11. The second kappa shape index (κ2) is 3.95. The van der Waals surface area contributed by atoms with Crippen molar-refractivity contribution in [3.05, 3.63) is 23.7 Å². The van der Waals surface area contributed by atoms with Crippen molar-refractivity contribution in [1.29, 1.82) is 0 Å². The van der Waals surface area contributed by atoms with Crippen LogP contribution in [0.2, 0.25) is 0 Å². The summed E-state index contributed by atoms with van der Waals surface area (Å²) in [6.07, 6.45) is 0. The van der Waals surface area contributed by atoms with Gasteiger partial charge in [-0.25, -0.2) is 4.99 Å². The van der Waals surface area contributed by atoms with Crippen LogP contribution in [0.15, 0.2) is 28.7 Å². The van der Waals surface area contributed by atoms with E-state index in [1.165, 1.54) is 0 Å². The second-order valence-electron chi connectivity index (χ2n) is 1.91. The monoisotopic (exact) mass is 142 g/mol. The van der Waals surface area contributed by atoms with E-state index < -0.39 is 5.95 Å². The van der Waals surface area contributed by atoms with Gasteiger partial charge in [-0.1, -0.05) is 6.58 Å². The third-order valence-corrected chi connectivity index (χ3v) is 1.11. The Bertz CT molecular complexity index is 182. The van der Waals surface area contributed by atoms with Gasteiger partial charge in [0, 0.05) is 12.1 Å². The van der Waals surface area contributed by atoms with Gasteiger partial charge in [0.1, 0.15) is 0 Å². The Morgan fingerprint density at radius 1 is 1.70 bits per heavy atom. The molecule has 10 heavy (non-hydrogen) atoms. The van der Waals surface area contributed by atoms with E-state index >= 15 is 0 Å². The molecule has 0 amide bonds. The molecule has 0 aliphatic rings. The van der Waals surface area contributed by atoms with Gasteiger partial charge < -0.3 is 5.73 Å². The lowest BCUT2D eigenvalue weighted by Gasteiger charge is -2.01. The summed E-state index contributed by atoms with van der Waals surface area (Å²) in [5.74, 6) is -0.630. The number of halogens is 1. The van der Waals surface area contributed by atoms with Crippen molar-refractivity contribution in [2.24, 2.45) is 10.7 Å². The van der Waals surface area contributed by atoms with Crippen LogP contribution in [0.25, 0.3) is 0 Å². The molecule has 2 N–H and O–H groups in total. The van der Waals surface area contributed by atoms with Crippen LogP contribution in [0.5, 0.6) is 0 Å². The summed E-state index contributed by atoms with van der Waals surface area (Å²) in [5.41, 5.74) is 6.12. The highest BCUT2D eigenvalue weighted by Crippen LogP contribution is 2.12. The van der Waals surface area contributed by atoms with Gasteiger partial charge in [-0.15, -0.1) is 0 Å². The van der Waals surface area contributed by atoms with Crippen molar-refractivity contribution in [3.8, 4) is 0 Å². The molecule has 0 saturated carbocycles. The first-order valence-corrected chi connectivity index (χ1v) is 2.84. The molecule has 0 fully saturated rings. The van der Waals surface area contributed by atoms with E-state index in [2.05, 4.69) is 18.3 Å². The SMILES string of the molecule is C=N/C(F)=C(/CN)C(=C)C. The molecule has 56 valence electrons. The van der Waals surface area contributed by atoms with Gasteiger partial charge in [-0.05, 0) is 19.2 Å². The Morgan fingerprint density at radius 2 is 2.20 bits per heavy atom. The maximum Gasteiger partial charge on any atom is 0.216 e. The molecule has 0 aliphatic heterocycles. The highest BCUT2D eigenvalue weighted by molar-refractivity contribution is 5.35. The largest absolute Gasteiger partial charge is 0.326 e. The van der Waals surface area contributed by atoms with Gasteiger partial charge >= 0.3 is 0 Å². The molecule has 0 bridgehead atoms. The molecule has 3 heteroatoms. The molecule has 0 aromatic heterocycles. The first-order valence-electron chi connectivity index (χ1n) is 2.84. The van der Waals surface area contributed by atoms with Crippen LogP contribution in [0.1, 0.15) is 6.92 Å². The van der Waals surface area contributed by atoms with Crippen molar-refractivity contribution in [1.82, 2.24) is 0 Å². The van der Waals surface area contributed by atoms with E-state index in [1.807, 2.05) is 0 Å². The average molecular weight is 142 g/mol. The number of hydrogen-bond acceptors (Lipinski definition) is 2. The molecule has 0 rings (SSSR count). The first kappa shape index (κ1) is 9.04. The zero-order chi connectivity index (χ0) is 8.15. The molecule has 0 aliphatic carbocycles. The summed E-state index contributed by atoms with van der Waals surface area (Å²) in [6, 6.07) is 0. The minimum absolute atomic E-state index is 0.111. The standard InChI is InChI=1S/C7H11FN2/c1-5(2)6(4-9)7(8)10-3/h1,3-4,9H2,2H3/b7-6-. The number of hydrogen-bond donors (Lipinski definition) is 1. The van der Waals surface area contributed by atoms with Gasteiger partial charge in [0.15, 0.2) is 0 Å². The maximum atomic E-state index is 12.6. The fraction of sp³-hybridized carbons (Fsp3) is 0.286. The van der Waals surface area contributed by atoms with Crippen LogP contribution in [0.4, 0.5) is 4.39 Å². The minimum atomic E-state index is -0.630. The Kier molecular flexibility index (Phi) is 3.57. The van der Waals surface area contributed by atoms with Crippen molar-refractivity contribution in [2.45, 2.75) is 6.92 Å². The van der Waals surface area contributed by atoms with E-state index in [0.717, 1.165) is 0 Å². The van der Waals surface area contributed by atoms with Crippen LogP contribution >= 0.6 is 0 Å². The van der Waals surface area contributed by atoms with Crippen LogP contribution in [0, 0.1) is 0 Å². The molecule has 0 spiro atoms. The zero-order valence-electron chi connectivity index (χ0n) is 6.02. The number of aliphatic imine (C=N–C) groups is 1. The summed E-state index contributed by atoms with van der Waals surface area (Å²) in [4.78, 5) is 3.10. The lowest BCUT2D eigenvalue weighted by Crippen LogP contribution is -2.04. The summed E-state index contributed by atoms with van der Waals surface area (Å²) in [5, 5.41) is 0. The van der Waals surface area contributed by atoms with Crippen molar-refractivity contribution < 1.29 is 4.39 Å². The van der Waals surface area contributed by atoms with Gasteiger partial charge in [-0.3, -0.25) is 0 Å². The molecule has 0 radical (unpaired) electrons. The Hall–Kier alpha value is -0.960. The van der Waals surface area contributed by atoms with E-state index in [1.54, 1.807) is 6.92 Å². The van der Waals surface area contributed by atoms with E-state index in [4.69, 9.17) is 5.73 Å². The minimum Gasteiger partial charge on any atom is -0.326 e. The molecule has 0 heterocycles. The molecular weight excluding hydrogens is 131 g/mol. The van der Waals surface area contributed by atoms with Gasteiger partial charge in [0.2, 0.25) is 5.95 Å². The van der Waals surface area contributed by atoms with Crippen LogP contribution in [-0.4, -0.2) is 13.3 Å². The van der Waals surface area contributed by atoms with Crippen LogP contribution in [-0.2, 0) is 0 Å². The van der Waals surface area contributed by atoms with E-state index in [0.29, 0.717) is 11.1 Å². The number of rotatable bonds is 3. The van der Waals surface area contributed by atoms with Gasteiger partial charge in [-0.2, -0.15) is 4.39 Å². The Balaban J connectivity index is 4.62. The molecule has 0 saturated heterocycles. The lowest BCUT2D eigenvalue weighted by atomic mass is 10.1. The van der Waals surface area contributed by atoms with E-state index in [-0.39, 0.29) is 6.54 Å². The fourth-order valence-electron chi connectivity index (χ4n) is 0.530. The fourth-order valence-corrected chi connectivity index (χ4v) is 0.530.